The number of aromatic nitrogens is 2. The second-order valence-corrected chi connectivity index (χ2v) is 7.42. The van der Waals surface area contributed by atoms with Crippen molar-refractivity contribution >= 4 is 35.0 Å². The number of benzene rings is 1. The van der Waals surface area contributed by atoms with Gasteiger partial charge >= 0.3 is 0 Å². The Hall–Kier alpha value is -3.19. The van der Waals surface area contributed by atoms with Gasteiger partial charge in [-0.15, -0.1) is 0 Å². The van der Waals surface area contributed by atoms with E-state index >= 15 is 0 Å². The third-order valence-corrected chi connectivity index (χ3v) is 5.30. The quantitative estimate of drug-likeness (QED) is 0.720. The molecule has 1 unspecified atom stereocenters. The molecule has 3 aromatic rings. The fourth-order valence-corrected chi connectivity index (χ4v) is 3.82. The summed E-state index contributed by atoms with van der Waals surface area (Å²) >= 11 is 1.42. The first kappa shape index (κ1) is 18.2. The molecule has 1 fully saturated rings. The van der Waals surface area contributed by atoms with E-state index in [-0.39, 0.29) is 24.2 Å². The molecule has 2 amide bonds. The normalized spacial score (nSPS) is 16.2. The third kappa shape index (κ3) is 4.20. The molecule has 0 saturated carbocycles. The number of para-hydroxylation sites is 1. The van der Waals surface area contributed by atoms with Crippen molar-refractivity contribution in [3.8, 4) is 0 Å². The Bertz CT molecular complexity index is 982. The van der Waals surface area contributed by atoms with Crippen LogP contribution in [0.25, 0.3) is 0 Å². The average Bonchev–Trinajstić information content (AvgIpc) is 3.12. The van der Waals surface area contributed by atoms with Crippen LogP contribution in [0, 0.1) is 5.92 Å². The minimum atomic E-state index is -0.382. The topological polar surface area (TPSA) is 75.2 Å². The molecule has 1 N–H and O–H groups in total. The van der Waals surface area contributed by atoms with Crippen molar-refractivity contribution in [2.45, 2.75) is 16.5 Å². The summed E-state index contributed by atoms with van der Waals surface area (Å²) in [5.41, 5.74) is 1.48. The van der Waals surface area contributed by atoms with E-state index in [1.54, 1.807) is 23.4 Å². The molecule has 1 aliphatic heterocycles. The summed E-state index contributed by atoms with van der Waals surface area (Å²) in [5.74, 6) is -0.577. The van der Waals surface area contributed by atoms with Crippen molar-refractivity contribution in [2.24, 2.45) is 5.92 Å². The summed E-state index contributed by atoms with van der Waals surface area (Å²) in [5, 5.41) is 4.48. The van der Waals surface area contributed by atoms with Gasteiger partial charge in [-0.1, -0.05) is 36.0 Å². The molecule has 3 heterocycles. The molecular formula is C21H18N4O2S. The van der Waals surface area contributed by atoms with Crippen LogP contribution in [0.1, 0.15) is 6.42 Å². The predicted molar refractivity (Wildman–Crippen MR) is 108 cm³/mol. The Balaban J connectivity index is 1.41. The van der Waals surface area contributed by atoms with Crippen LogP contribution in [0.3, 0.4) is 0 Å². The van der Waals surface area contributed by atoms with Gasteiger partial charge in [-0.2, -0.15) is 0 Å². The monoisotopic (exact) mass is 390 g/mol. The van der Waals surface area contributed by atoms with Crippen LogP contribution in [-0.4, -0.2) is 28.3 Å². The van der Waals surface area contributed by atoms with Crippen molar-refractivity contribution in [1.29, 1.82) is 0 Å². The summed E-state index contributed by atoms with van der Waals surface area (Å²) in [4.78, 5) is 35.2. The molecule has 1 aromatic carbocycles. The number of hydrogen-bond donors (Lipinski definition) is 1. The second-order valence-electron chi connectivity index (χ2n) is 6.38. The molecule has 6 nitrogen and oxygen atoms in total. The Labute approximate surface area is 167 Å². The first-order valence-electron chi connectivity index (χ1n) is 8.90. The van der Waals surface area contributed by atoms with Gasteiger partial charge in [0, 0.05) is 36.7 Å². The number of nitrogens with one attached hydrogen (secondary N) is 1. The molecule has 0 aliphatic carbocycles. The van der Waals surface area contributed by atoms with Crippen LogP contribution in [0.15, 0.2) is 83.1 Å². The van der Waals surface area contributed by atoms with Crippen molar-refractivity contribution in [3.63, 3.8) is 0 Å². The van der Waals surface area contributed by atoms with Crippen LogP contribution < -0.4 is 10.2 Å². The standard InChI is InChI=1S/C21H18N4O2S/c26-20-12-15(14-25(20)17-6-2-1-3-7-17)21(27)24-16-9-11-23-19(13-16)28-18-8-4-5-10-22-18/h1-11,13,15H,12,14H2,(H,23,24,27). The minimum absolute atomic E-state index is 0.0347. The fraction of sp³-hybridized carbons (Fsp3) is 0.143. The van der Waals surface area contributed by atoms with E-state index in [9.17, 15) is 9.59 Å². The SMILES string of the molecule is O=C(Nc1ccnc(Sc2ccccn2)c1)C1CC(=O)N(c2ccccc2)C1. The second kappa shape index (κ2) is 8.22. The number of anilines is 2. The van der Waals surface area contributed by atoms with Gasteiger partial charge in [0.15, 0.2) is 0 Å². The van der Waals surface area contributed by atoms with Gasteiger partial charge in [0.2, 0.25) is 11.8 Å². The Kier molecular flexibility index (Phi) is 5.34. The van der Waals surface area contributed by atoms with Crippen molar-refractivity contribution in [3.05, 3.63) is 73.1 Å². The molecular weight excluding hydrogens is 372 g/mol. The van der Waals surface area contributed by atoms with Gasteiger partial charge in [0.25, 0.3) is 0 Å². The number of carbonyl (C=O) groups excluding carboxylic acids is 2. The molecule has 0 bridgehead atoms. The van der Waals surface area contributed by atoms with E-state index in [4.69, 9.17) is 0 Å². The third-order valence-electron chi connectivity index (χ3n) is 4.41. The highest BCUT2D eigenvalue weighted by molar-refractivity contribution is 7.99. The van der Waals surface area contributed by atoms with Crippen molar-refractivity contribution < 1.29 is 9.59 Å². The lowest BCUT2D eigenvalue weighted by atomic mass is 10.1. The Morgan fingerprint density at radius 3 is 2.57 bits per heavy atom. The van der Waals surface area contributed by atoms with Gasteiger partial charge in [-0.25, -0.2) is 9.97 Å². The van der Waals surface area contributed by atoms with E-state index in [1.807, 2.05) is 54.6 Å². The van der Waals surface area contributed by atoms with Crippen LogP contribution in [0.2, 0.25) is 0 Å². The number of pyridine rings is 2. The molecule has 0 spiro atoms. The van der Waals surface area contributed by atoms with E-state index in [0.717, 1.165) is 15.7 Å². The van der Waals surface area contributed by atoms with E-state index < -0.39 is 0 Å². The first-order chi connectivity index (χ1) is 13.7. The largest absolute Gasteiger partial charge is 0.326 e. The zero-order valence-electron chi connectivity index (χ0n) is 15.0. The van der Waals surface area contributed by atoms with Crippen LogP contribution in [0.4, 0.5) is 11.4 Å². The van der Waals surface area contributed by atoms with Crippen molar-refractivity contribution in [2.75, 3.05) is 16.8 Å². The molecule has 4 rings (SSSR count). The lowest BCUT2D eigenvalue weighted by Gasteiger charge is -2.16. The zero-order valence-corrected chi connectivity index (χ0v) is 15.8. The molecule has 2 aromatic heterocycles. The van der Waals surface area contributed by atoms with E-state index in [0.29, 0.717) is 12.2 Å². The number of carbonyl (C=O) groups is 2. The highest BCUT2D eigenvalue weighted by Crippen LogP contribution is 2.28. The molecule has 1 saturated heterocycles. The zero-order chi connectivity index (χ0) is 19.3. The summed E-state index contributed by atoms with van der Waals surface area (Å²) in [6.45, 7) is 0.384. The summed E-state index contributed by atoms with van der Waals surface area (Å²) in [6.07, 6.45) is 3.59. The van der Waals surface area contributed by atoms with Gasteiger partial charge in [-0.05, 0) is 36.4 Å². The molecule has 0 radical (unpaired) electrons. The van der Waals surface area contributed by atoms with Gasteiger partial charge in [-0.3, -0.25) is 9.59 Å². The van der Waals surface area contributed by atoms with Gasteiger partial charge < -0.3 is 10.2 Å². The maximum Gasteiger partial charge on any atom is 0.229 e. The smallest absolute Gasteiger partial charge is 0.229 e. The highest BCUT2D eigenvalue weighted by atomic mass is 32.2. The maximum atomic E-state index is 12.7. The van der Waals surface area contributed by atoms with Gasteiger partial charge in [0.1, 0.15) is 10.1 Å². The van der Waals surface area contributed by atoms with Crippen LogP contribution >= 0.6 is 11.8 Å². The average molecular weight is 390 g/mol. The Morgan fingerprint density at radius 1 is 1.00 bits per heavy atom. The molecule has 1 atom stereocenters. The minimum Gasteiger partial charge on any atom is -0.326 e. The molecule has 140 valence electrons. The van der Waals surface area contributed by atoms with E-state index in [2.05, 4.69) is 15.3 Å². The summed E-state index contributed by atoms with van der Waals surface area (Å²) < 4.78 is 0. The number of hydrogen-bond acceptors (Lipinski definition) is 5. The number of amides is 2. The fourth-order valence-electron chi connectivity index (χ4n) is 3.04. The lowest BCUT2D eigenvalue weighted by molar-refractivity contribution is -0.122. The lowest BCUT2D eigenvalue weighted by Crippen LogP contribution is -2.28. The van der Waals surface area contributed by atoms with E-state index in [1.165, 1.54) is 11.8 Å². The predicted octanol–water partition coefficient (Wildman–Crippen LogP) is 3.62. The molecule has 28 heavy (non-hydrogen) atoms. The molecule has 7 heteroatoms. The number of rotatable bonds is 5. The highest BCUT2D eigenvalue weighted by Gasteiger charge is 2.35. The van der Waals surface area contributed by atoms with Gasteiger partial charge in [0.05, 0.1) is 5.92 Å². The molecule has 1 aliphatic rings. The summed E-state index contributed by atoms with van der Waals surface area (Å²) in [6, 6.07) is 18.6. The van der Waals surface area contributed by atoms with Crippen LogP contribution in [0.5, 0.6) is 0 Å². The Morgan fingerprint density at radius 2 is 1.79 bits per heavy atom. The number of nitrogens with zero attached hydrogens (tertiary/aromatic N) is 3. The van der Waals surface area contributed by atoms with Crippen LogP contribution in [-0.2, 0) is 9.59 Å². The maximum absolute atomic E-state index is 12.7. The first-order valence-corrected chi connectivity index (χ1v) is 9.72. The van der Waals surface area contributed by atoms with Crippen molar-refractivity contribution in [1.82, 2.24) is 9.97 Å². The summed E-state index contributed by atoms with van der Waals surface area (Å²) in [7, 11) is 0.